The van der Waals surface area contributed by atoms with E-state index in [1.54, 1.807) is 13.8 Å². The number of ether oxygens (including phenoxy) is 1. The van der Waals surface area contributed by atoms with Crippen molar-refractivity contribution in [2.24, 2.45) is 0 Å². The summed E-state index contributed by atoms with van der Waals surface area (Å²) in [5.74, 6) is -1.74. The zero-order valence-corrected chi connectivity index (χ0v) is 13.9. The molecular weight excluding hydrogens is 336 g/mol. The van der Waals surface area contributed by atoms with Crippen LogP contribution in [0.3, 0.4) is 0 Å². The van der Waals surface area contributed by atoms with Gasteiger partial charge >= 0.3 is 14.2 Å². The van der Waals surface area contributed by atoms with Crippen LogP contribution in [0.15, 0.2) is 24.3 Å². The normalized spacial score (nSPS) is 9.96. The largest absolute Gasteiger partial charge is 0.508 e. The molecule has 0 aliphatic carbocycles. The van der Waals surface area contributed by atoms with E-state index in [0.29, 0.717) is 11.1 Å². The highest BCUT2D eigenvalue weighted by Crippen LogP contribution is 2.16. The SMILES string of the molecule is COc1c(C)ccc(F)c1B(O)O.Cc1ccc(F)c(B(O)O)c1O. The van der Waals surface area contributed by atoms with E-state index < -0.39 is 37.1 Å². The predicted molar refractivity (Wildman–Crippen MR) is 90.1 cm³/mol. The molecule has 0 fully saturated rings. The van der Waals surface area contributed by atoms with Gasteiger partial charge in [0.05, 0.1) is 18.0 Å². The fourth-order valence-electron chi connectivity index (χ4n) is 2.13. The van der Waals surface area contributed by atoms with Crippen molar-refractivity contribution in [1.82, 2.24) is 0 Å². The molecule has 0 aliphatic rings. The topological polar surface area (TPSA) is 110 Å². The summed E-state index contributed by atoms with van der Waals surface area (Å²) in [4.78, 5) is 0. The molecule has 0 bridgehead atoms. The van der Waals surface area contributed by atoms with Gasteiger partial charge in [-0.15, -0.1) is 0 Å². The van der Waals surface area contributed by atoms with Gasteiger partial charge in [-0.25, -0.2) is 8.78 Å². The molecule has 5 N–H and O–H groups in total. The Bertz CT molecular complexity index is 740. The number of methoxy groups -OCH3 is 1. The standard InChI is InChI=1S/C8H10BFO3.C7H8BFO3/c1-5-3-4-6(10)7(9(11)12)8(5)13-2;1-4-2-3-5(9)6(7(4)10)8(11)12/h3-4,11-12H,1-2H3;2-3,10-12H,1H3. The first-order valence-electron chi connectivity index (χ1n) is 7.15. The zero-order chi connectivity index (χ0) is 19.3. The molecule has 0 unspecified atom stereocenters. The highest BCUT2D eigenvalue weighted by Gasteiger charge is 2.23. The first-order chi connectivity index (χ1) is 11.6. The molecule has 25 heavy (non-hydrogen) atoms. The molecule has 10 heteroatoms. The summed E-state index contributed by atoms with van der Waals surface area (Å²) in [5.41, 5.74) is 0.365. The third-order valence-electron chi connectivity index (χ3n) is 3.43. The fourth-order valence-corrected chi connectivity index (χ4v) is 2.13. The number of phenolic OH excluding ortho intramolecular Hbond substituents is 1. The van der Waals surface area contributed by atoms with Gasteiger partial charge in [-0.05, 0) is 37.1 Å². The average molecular weight is 354 g/mol. The monoisotopic (exact) mass is 354 g/mol. The molecule has 0 spiro atoms. The van der Waals surface area contributed by atoms with Gasteiger partial charge in [-0.3, -0.25) is 0 Å². The van der Waals surface area contributed by atoms with Crippen molar-refractivity contribution in [3.05, 3.63) is 47.0 Å². The second kappa shape index (κ2) is 8.82. The molecule has 2 aromatic rings. The van der Waals surface area contributed by atoms with Crippen LogP contribution in [0, 0.1) is 25.5 Å². The van der Waals surface area contributed by atoms with Crippen molar-refractivity contribution >= 4 is 25.2 Å². The van der Waals surface area contributed by atoms with E-state index in [1.807, 2.05) is 0 Å². The molecule has 0 heterocycles. The predicted octanol–water partition coefficient (Wildman–Crippen LogP) is -0.658. The maximum Gasteiger partial charge on any atom is 0.495 e. The first kappa shape index (κ1) is 20.9. The molecular formula is C15H18B2F2O6. The summed E-state index contributed by atoms with van der Waals surface area (Å²) in [7, 11) is -2.48. The van der Waals surface area contributed by atoms with Gasteiger partial charge in [0.25, 0.3) is 0 Å². The lowest BCUT2D eigenvalue weighted by Crippen LogP contribution is -2.34. The van der Waals surface area contributed by atoms with Crippen LogP contribution in [0.1, 0.15) is 11.1 Å². The maximum absolute atomic E-state index is 13.1. The molecule has 2 aromatic carbocycles. The van der Waals surface area contributed by atoms with Crippen LogP contribution in [-0.2, 0) is 0 Å². The number of benzene rings is 2. The van der Waals surface area contributed by atoms with Gasteiger partial charge in [0.1, 0.15) is 23.1 Å². The van der Waals surface area contributed by atoms with Crippen molar-refractivity contribution in [2.45, 2.75) is 13.8 Å². The number of hydrogen-bond donors (Lipinski definition) is 5. The maximum atomic E-state index is 13.1. The quantitative estimate of drug-likeness (QED) is 0.469. The smallest absolute Gasteiger partial charge is 0.495 e. The van der Waals surface area contributed by atoms with Crippen LogP contribution >= 0.6 is 0 Å². The Kier molecular flexibility index (Phi) is 7.38. The van der Waals surface area contributed by atoms with Crippen molar-refractivity contribution in [2.75, 3.05) is 7.11 Å². The van der Waals surface area contributed by atoms with Gasteiger partial charge < -0.3 is 29.9 Å². The number of phenols is 1. The van der Waals surface area contributed by atoms with Crippen LogP contribution in [-0.4, -0.2) is 46.5 Å². The number of hydrogen-bond acceptors (Lipinski definition) is 6. The number of halogens is 2. The highest BCUT2D eigenvalue weighted by atomic mass is 19.1. The lowest BCUT2D eigenvalue weighted by molar-refractivity contribution is 0.396. The van der Waals surface area contributed by atoms with E-state index in [-0.39, 0.29) is 11.2 Å². The van der Waals surface area contributed by atoms with E-state index in [1.165, 1.54) is 25.3 Å². The van der Waals surface area contributed by atoms with E-state index >= 15 is 0 Å². The minimum atomic E-state index is -1.98. The lowest BCUT2D eigenvalue weighted by Gasteiger charge is -2.11. The molecule has 0 saturated carbocycles. The van der Waals surface area contributed by atoms with Gasteiger partial charge in [0.2, 0.25) is 0 Å². The average Bonchev–Trinajstić information content (AvgIpc) is 2.53. The van der Waals surface area contributed by atoms with Gasteiger partial charge in [-0.1, -0.05) is 12.1 Å². The van der Waals surface area contributed by atoms with E-state index in [0.717, 1.165) is 6.07 Å². The summed E-state index contributed by atoms with van der Waals surface area (Å²) in [6.45, 7) is 3.24. The van der Waals surface area contributed by atoms with Crippen molar-refractivity contribution in [3.8, 4) is 11.5 Å². The minimum absolute atomic E-state index is 0.176. The van der Waals surface area contributed by atoms with Crippen LogP contribution in [0.4, 0.5) is 8.78 Å². The summed E-state index contributed by atoms with van der Waals surface area (Å²) >= 11 is 0. The molecule has 0 atom stereocenters. The Balaban J connectivity index is 0.000000251. The molecule has 6 nitrogen and oxygen atoms in total. The zero-order valence-electron chi connectivity index (χ0n) is 13.9. The molecule has 0 amide bonds. The lowest BCUT2D eigenvalue weighted by atomic mass is 9.78. The number of rotatable bonds is 3. The highest BCUT2D eigenvalue weighted by molar-refractivity contribution is 6.60. The Labute approximate surface area is 144 Å². The second-order valence-corrected chi connectivity index (χ2v) is 5.19. The van der Waals surface area contributed by atoms with Crippen LogP contribution in [0.2, 0.25) is 0 Å². The summed E-state index contributed by atoms with van der Waals surface area (Å²) < 4.78 is 30.7. The Morgan fingerprint density at radius 1 is 0.800 bits per heavy atom. The van der Waals surface area contributed by atoms with Gasteiger partial charge in [-0.2, -0.15) is 0 Å². The van der Waals surface area contributed by atoms with Gasteiger partial charge in [0, 0.05) is 0 Å². The summed E-state index contributed by atoms with van der Waals surface area (Å²) in [5, 5.41) is 44.3. The Hall–Kier alpha value is -2.13. The van der Waals surface area contributed by atoms with Gasteiger partial charge in [0.15, 0.2) is 0 Å². The number of aryl methyl sites for hydroxylation is 2. The van der Waals surface area contributed by atoms with Crippen molar-refractivity contribution in [3.63, 3.8) is 0 Å². The molecule has 0 radical (unpaired) electrons. The molecule has 0 aliphatic heterocycles. The van der Waals surface area contributed by atoms with Crippen molar-refractivity contribution < 1.29 is 38.7 Å². The summed E-state index contributed by atoms with van der Waals surface area (Å²) in [6.07, 6.45) is 0. The summed E-state index contributed by atoms with van der Waals surface area (Å²) in [6, 6.07) is 5.12. The fraction of sp³-hybridized carbons (Fsp3) is 0.200. The second-order valence-electron chi connectivity index (χ2n) is 5.19. The molecule has 0 aromatic heterocycles. The third kappa shape index (κ3) is 4.93. The first-order valence-corrected chi connectivity index (χ1v) is 7.15. The number of aromatic hydroxyl groups is 1. The van der Waals surface area contributed by atoms with Crippen LogP contribution < -0.4 is 15.7 Å². The van der Waals surface area contributed by atoms with Crippen LogP contribution in [0.25, 0.3) is 0 Å². The van der Waals surface area contributed by atoms with E-state index in [2.05, 4.69) is 0 Å². The molecule has 134 valence electrons. The minimum Gasteiger partial charge on any atom is -0.508 e. The van der Waals surface area contributed by atoms with Crippen LogP contribution in [0.5, 0.6) is 11.5 Å². The Morgan fingerprint density at radius 3 is 1.60 bits per heavy atom. The molecule has 2 rings (SSSR count). The van der Waals surface area contributed by atoms with Crippen molar-refractivity contribution in [1.29, 1.82) is 0 Å². The van der Waals surface area contributed by atoms with E-state index in [9.17, 15) is 13.9 Å². The van der Waals surface area contributed by atoms with E-state index in [4.69, 9.17) is 24.8 Å². The Morgan fingerprint density at radius 2 is 1.24 bits per heavy atom. The third-order valence-corrected chi connectivity index (χ3v) is 3.43. The molecule has 0 saturated heterocycles.